The number of hydrogen-bond donors (Lipinski definition) is 3. The van der Waals surface area contributed by atoms with Gasteiger partial charge in [0.1, 0.15) is 15.8 Å². The van der Waals surface area contributed by atoms with E-state index in [0.717, 1.165) is 32.0 Å². The van der Waals surface area contributed by atoms with Crippen LogP contribution in [0.4, 0.5) is 19.0 Å². The van der Waals surface area contributed by atoms with Gasteiger partial charge in [-0.3, -0.25) is 9.89 Å². The van der Waals surface area contributed by atoms with Crippen molar-refractivity contribution in [2.75, 3.05) is 5.32 Å². The summed E-state index contributed by atoms with van der Waals surface area (Å²) >= 11 is 7.95. The van der Waals surface area contributed by atoms with Crippen LogP contribution in [0.1, 0.15) is 17.5 Å². The quantitative estimate of drug-likeness (QED) is 0.381. The molecule has 0 aliphatic carbocycles. The molecule has 0 aliphatic heterocycles. The highest BCUT2D eigenvalue weighted by Gasteiger charge is 2.38. The van der Waals surface area contributed by atoms with E-state index in [2.05, 4.69) is 30.7 Å². The lowest BCUT2D eigenvalue weighted by Gasteiger charge is -2.02. The lowest BCUT2D eigenvalue weighted by atomic mass is 10.1. The highest BCUT2D eigenvalue weighted by atomic mass is 35.5. The number of benzene rings is 1. The Morgan fingerprint density at radius 2 is 1.97 bits per heavy atom. The predicted molar refractivity (Wildman–Crippen MR) is 115 cm³/mol. The van der Waals surface area contributed by atoms with Gasteiger partial charge < -0.3 is 10.4 Å². The van der Waals surface area contributed by atoms with Crippen molar-refractivity contribution < 1.29 is 27.9 Å². The molecule has 3 aromatic heterocycles. The zero-order chi connectivity index (χ0) is 24.2. The molecule has 0 spiro atoms. The standard InChI is InChI=1S/C17H13ClN6OS.C2HF3O2/c1-9(25)21-14-6-11(4-5-19-14)17-24-23-15(26-17)7-10-2-3-13-12(16(10)18)8-20-22-13;3-2(4,5)1(6)7/h2-6,8H,7H2,1H3,(H,20,22)(H,19,21,25);(H,6,7). The van der Waals surface area contributed by atoms with E-state index in [1.54, 1.807) is 18.5 Å². The number of carboxylic acids is 1. The molecule has 0 fully saturated rings. The van der Waals surface area contributed by atoms with Gasteiger partial charge in [-0.05, 0) is 23.8 Å². The van der Waals surface area contributed by atoms with Gasteiger partial charge in [0.15, 0.2) is 0 Å². The Bertz CT molecular complexity index is 1310. The summed E-state index contributed by atoms with van der Waals surface area (Å²) in [7, 11) is 0. The van der Waals surface area contributed by atoms with Crippen LogP contribution in [0, 0.1) is 0 Å². The lowest BCUT2D eigenvalue weighted by molar-refractivity contribution is -0.192. The van der Waals surface area contributed by atoms with Gasteiger partial charge in [0.05, 0.1) is 16.7 Å². The van der Waals surface area contributed by atoms with Crippen molar-refractivity contribution in [1.29, 1.82) is 0 Å². The smallest absolute Gasteiger partial charge is 0.475 e. The number of aliphatic carboxylic acids is 1. The molecule has 0 saturated carbocycles. The molecule has 14 heteroatoms. The molecule has 4 rings (SSSR count). The predicted octanol–water partition coefficient (Wildman–Crippen LogP) is 4.31. The molecule has 0 atom stereocenters. The van der Waals surface area contributed by atoms with Crippen molar-refractivity contribution in [3.05, 3.63) is 52.3 Å². The fraction of sp³-hybridized carbons (Fsp3) is 0.158. The average molecular weight is 499 g/mol. The maximum Gasteiger partial charge on any atom is 0.490 e. The highest BCUT2D eigenvalue weighted by Crippen LogP contribution is 2.30. The summed E-state index contributed by atoms with van der Waals surface area (Å²) in [4.78, 5) is 24.2. The van der Waals surface area contributed by atoms with E-state index in [1.165, 1.54) is 18.3 Å². The summed E-state index contributed by atoms with van der Waals surface area (Å²) in [5.74, 6) is -2.44. The van der Waals surface area contributed by atoms with Crippen LogP contribution in [0.5, 0.6) is 0 Å². The molecular weight excluding hydrogens is 485 g/mol. The third kappa shape index (κ3) is 6.23. The molecule has 33 heavy (non-hydrogen) atoms. The fourth-order valence-corrected chi connectivity index (χ4v) is 3.72. The number of nitrogens with one attached hydrogen (secondary N) is 2. The molecule has 3 heterocycles. The first-order valence-corrected chi connectivity index (χ1v) is 10.2. The Morgan fingerprint density at radius 3 is 2.64 bits per heavy atom. The summed E-state index contributed by atoms with van der Waals surface area (Å²) in [6.45, 7) is 1.44. The minimum Gasteiger partial charge on any atom is -0.475 e. The molecule has 3 N–H and O–H groups in total. The number of fused-ring (bicyclic) bond motifs is 1. The number of carboxylic acid groups (broad SMARTS) is 1. The van der Waals surface area contributed by atoms with Gasteiger partial charge in [0.2, 0.25) is 5.91 Å². The van der Waals surface area contributed by atoms with Crippen molar-refractivity contribution in [3.63, 3.8) is 0 Å². The van der Waals surface area contributed by atoms with Gasteiger partial charge in [-0.15, -0.1) is 10.2 Å². The molecule has 0 bridgehead atoms. The number of amides is 1. The number of pyridine rings is 1. The highest BCUT2D eigenvalue weighted by molar-refractivity contribution is 7.14. The van der Waals surface area contributed by atoms with E-state index >= 15 is 0 Å². The van der Waals surface area contributed by atoms with Crippen molar-refractivity contribution in [2.45, 2.75) is 19.5 Å². The second-order valence-corrected chi connectivity index (χ2v) is 7.90. The van der Waals surface area contributed by atoms with Gasteiger partial charge in [0, 0.05) is 30.5 Å². The van der Waals surface area contributed by atoms with Crippen molar-refractivity contribution in [3.8, 4) is 10.6 Å². The molecule has 0 saturated heterocycles. The second-order valence-electron chi connectivity index (χ2n) is 6.46. The van der Waals surface area contributed by atoms with Gasteiger partial charge in [-0.1, -0.05) is 29.0 Å². The Kier molecular flexibility index (Phi) is 7.23. The van der Waals surface area contributed by atoms with Crippen molar-refractivity contribution in [2.24, 2.45) is 0 Å². The van der Waals surface area contributed by atoms with Crippen LogP contribution in [0.2, 0.25) is 5.02 Å². The van der Waals surface area contributed by atoms with Crippen LogP contribution >= 0.6 is 22.9 Å². The molecule has 1 aromatic carbocycles. The van der Waals surface area contributed by atoms with E-state index in [-0.39, 0.29) is 5.91 Å². The minimum absolute atomic E-state index is 0.170. The molecule has 1 amide bonds. The van der Waals surface area contributed by atoms with Crippen LogP contribution < -0.4 is 5.32 Å². The van der Waals surface area contributed by atoms with Gasteiger partial charge in [-0.2, -0.15) is 18.3 Å². The molecule has 172 valence electrons. The minimum atomic E-state index is -5.08. The Balaban J connectivity index is 0.000000383. The first kappa shape index (κ1) is 24.1. The summed E-state index contributed by atoms with van der Waals surface area (Å²) in [5, 5.41) is 28.4. The van der Waals surface area contributed by atoms with Gasteiger partial charge in [0.25, 0.3) is 0 Å². The average Bonchev–Trinajstić information content (AvgIpc) is 3.39. The number of carbonyl (C=O) groups excluding carboxylic acids is 1. The number of nitrogens with zero attached hydrogens (tertiary/aromatic N) is 4. The normalized spacial score (nSPS) is 11.1. The zero-order valence-corrected chi connectivity index (χ0v) is 18.2. The van der Waals surface area contributed by atoms with E-state index in [9.17, 15) is 18.0 Å². The number of anilines is 1. The van der Waals surface area contributed by atoms with Gasteiger partial charge in [-0.25, -0.2) is 9.78 Å². The van der Waals surface area contributed by atoms with Gasteiger partial charge >= 0.3 is 12.1 Å². The number of aromatic nitrogens is 5. The number of H-pyrrole nitrogens is 1. The third-order valence-corrected chi connectivity index (χ3v) is 5.42. The maximum absolute atomic E-state index is 11.2. The van der Waals surface area contributed by atoms with E-state index in [1.807, 2.05) is 18.2 Å². The van der Waals surface area contributed by atoms with Crippen LogP contribution in [-0.4, -0.2) is 48.5 Å². The Labute approximate surface area is 192 Å². The molecule has 4 aromatic rings. The fourth-order valence-electron chi connectivity index (χ4n) is 2.58. The van der Waals surface area contributed by atoms with Crippen molar-refractivity contribution in [1.82, 2.24) is 25.4 Å². The molecular formula is C19H14ClF3N6O3S. The first-order chi connectivity index (χ1) is 15.5. The van der Waals surface area contributed by atoms with E-state index in [4.69, 9.17) is 21.5 Å². The second kappa shape index (κ2) is 9.92. The van der Waals surface area contributed by atoms with E-state index < -0.39 is 12.1 Å². The lowest BCUT2D eigenvalue weighted by Crippen LogP contribution is -2.21. The molecule has 9 nitrogen and oxygen atoms in total. The maximum atomic E-state index is 11.2. The van der Waals surface area contributed by atoms with Crippen LogP contribution in [0.3, 0.4) is 0 Å². The summed E-state index contributed by atoms with van der Waals surface area (Å²) in [6, 6.07) is 7.52. The number of alkyl halides is 3. The van der Waals surface area contributed by atoms with E-state index in [0.29, 0.717) is 17.3 Å². The SMILES string of the molecule is CC(=O)Nc1cc(-c2nnc(Cc3ccc4[nH]ncc4c3Cl)s2)ccn1.O=C(O)C(F)(F)F. The number of aromatic amines is 1. The molecule has 0 radical (unpaired) electrons. The Morgan fingerprint density at radius 1 is 1.24 bits per heavy atom. The number of hydrogen-bond acceptors (Lipinski definition) is 7. The van der Waals surface area contributed by atoms with Crippen LogP contribution in [0.15, 0.2) is 36.7 Å². The summed E-state index contributed by atoms with van der Waals surface area (Å²) < 4.78 is 31.7. The first-order valence-electron chi connectivity index (χ1n) is 9.01. The number of carbonyl (C=O) groups is 2. The van der Waals surface area contributed by atoms with Crippen LogP contribution in [-0.2, 0) is 16.0 Å². The molecule has 0 aliphatic rings. The largest absolute Gasteiger partial charge is 0.490 e. The molecule has 0 unspecified atom stereocenters. The topological polar surface area (TPSA) is 134 Å². The Hall–Kier alpha value is -3.58. The summed E-state index contributed by atoms with van der Waals surface area (Å²) in [5.41, 5.74) is 2.72. The van der Waals surface area contributed by atoms with Crippen LogP contribution in [0.25, 0.3) is 21.5 Å². The summed E-state index contributed by atoms with van der Waals surface area (Å²) in [6.07, 6.45) is -1.15. The zero-order valence-electron chi connectivity index (χ0n) is 16.6. The van der Waals surface area contributed by atoms with Crippen molar-refractivity contribution >= 4 is 51.5 Å². The third-order valence-electron chi connectivity index (χ3n) is 4.00. The monoisotopic (exact) mass is 498 g/mol. The number of halogens is 4. The number of rotatable bonds is 4.